The molecule has 4 unspecified atom stereocenters. The summed E-state index contributed by atoms with van der Waals surface area (Å²) in [5.74, 6) is 2.13. The third-order valence-electron chi connectivity index (χ3n) is 11.1. The van der Waals surface area contributed by atoms with Crippen LogP contribution in [0.4, 0.5) is 5.69 Å². The van der Waals surface area contributed by atoms with Gasteiger partial charge in [0.05, 0.1) is 54.3 Å². The second-order valence-electron chi connectivity index (χ2n) is 13.1. The average molecular weight is 681 g/mol. The molecule has 10 nitrogen and oxygen atoms in total. The van der Waals surface area contributed by atoms with E-state index in [9.17, 15) is 4.79 Å². The number of ether oxygens (including phenoxy) is 6. The van der Waals surface area contributed by atoms with Crippen molar-refractivity contribution in [3.63, 3.8) is 0 Å². The third-order valence-corrected chi connectivity index (χ3v) is 11.1. The molecule has 0 radical (unpaired) electrons. The van der Waals surface area contributed by atoms with Crippen LogP contribution < -0.4 is 28.6 Å². The molecule has 1 heterocycles. The number of piperazine rings is 1. The Hall–Kier alpha value is -5.12. The molecular weight excluding hydrogens is 636 g/mol. The van der Waals surface area contributed by atoms with Gasteiger partial charge in [-0.05, 0) is 59.5 Å². The minimum atomic E-state index is -1.15. The summed E-state index contributed by atoms with van der Waals surface area (Å²) >= 11 is 0. The molecule has 1 saturated heterocycles. The molecule has 4 bridgehead atoms. The number of rotatable bonds is 9. The average Bonchev–Trinajstić information content (AvgIpc) is 3.46. The normalized spacial score (nSPS) is 23.7. The minimum absolute atomic E-state index is 0.00712. The highest BCUT2D eigenvalue weighted by atomic mass is 16.5. The third kappa shape index (κ3) is 4.98. The highest BCUT2D eigenvalue weighted by Gasteiger charge is 2.59. The van der Waals surface area contributed by atoms with Crippen LogP contribution >= 0.6 is 0 Å². The van der Waals surface area contributed by atoms with Crippen LogP contribution in [-0.2, 0) is 19.7 Å². The number of allylic oxidation sites excluding steroid dienone is 4. The first-order chi connectivity index (χ1) is 24.4. The van der Waals surface area contributed by atoms with Gasteiger partial charge in [0, 0.05) is 50.0 Å². The van der Waals surface area contributed by atoms with E-state index in [1.54, 1.807) is 42.7 Å². The van der Waals surface area contributed by atoms with Gasteiger partial charge < -0.3 is 38.2 Å². The van der Waals surface area contributed by atoms with Gasteiger partial charge in [0.15, 0.2) is 28.8 Å². The first-order valence-corrected chi connectivity index (χ1v) is 17.0. The first kappa shape index (κ1) is 33.4. The Morgan fingerprint density at radius 2 is 1.50 bits per heavy atom. The van der Waals surface area contributed by atoms with Crippen LogP contribution in [0.3, 0.4) is 0 Å². The van der Waals surface area contributed by atoms with Crippen LogP contribution in [0.15, 0.2) is 72.5 Å². The van der Waals surface area contributed by atoms with Crippen LogP contribution in [0.25, 0.3) is 0 Å². The van der Waals surface area contributed by atoms with E-state index in [2.05, 4.69) is 4.90 Å². The lowest BCUT2D eigenvalue weighted by Gasteiger charge is -2.41. The number of para-hydroxylation sites is 2. The van der Waals surface area contributed by atoms with Gasteiger partial charge >= 0.3 is 0 Å². The van der Waals surface area contributed by atoms with E-state index in [0.29, 0.717) is 66.9 Å². The fraction of sp³-hybridized carbons (Fsp3) is 0.400. The number of anilines is 1. The molecule has 1 fully saturated rings. The molecule has 50 heavy (non-hydrogen) atoms. The van der Waals surface area contributed by atoms with E-state index in [1.807, 2.05) is 71.7 Å². The number of benzene rings is 3. The quantitative estimate of drug-likeness (QED) is 0.285. The topological polar surface area (TPSA) is 96.0 Å². The van der Waals surface area contributed by atoms with E-state index < -0.39 is 23.2 Å². The van der Waals surface area contributed by atoms with E-state index >= 15 is 4.79 Å². The summed E-state index contributed by atoms with van der Waals surface area (Å²) in [6.45, 7) is 2.38. The lowest BCUT2D eigenvalue weighted by molar-refractivity contribution is -0.137. The number of hydrogen-bond donors (Lipinski definition) is 0. The zero-order chi connectivity index (χ0) is 35.2. The van der Waals surface area contributed by atoms with Gasteiger partial charge in [-0.25, -0.2) is 0 Å². The van der Waals surface area contributed by atoms with Gasteiger partial charge in [-0.15, -0.1) is 0 Å². The molecule has 0 saturated carbocycles. The number of ketones is 1. The Morgan fingerprint density at radius 1 is 0.780 bits per heavy atom. The number of methoxy groups -OCH3 is 6. The van der Waals surface area contributed by atoms with Gasteiger partial charge in [-0.1, -0.05) is 30.4 Å². The maximum Gasteiger partial charge on any atom is 0.227 e. The van der Waals surface area contributed by atoms with Crippen molar-refractivity contribution < 1.29 is 38.0 Å². The highest BCUT2D eigenvalue weighted by molar-refractivity contribution is 5.99. The van der Waals surface area contributed by atoms with Gasteiger partial charge in [-0.2, -0.15) is 0 Å². The summed E-state index contributed by atoms with van der Waals surface area (Å²) in [5.41, 5.74) is 3.30. The maximum absolute atomic E-state index is 15.1. The molecular formula is C40H44N2O8. The zero-order valence-electron chi connectivity index (χ0n) is 29.5. The Kier molecular flexibility index (Phi) is 8.88. The van der Waals surface area contributed by atoms with E-state index in [1.165, 1.54) is 0 Å². The first-order valence-electron chi connectivity index (χ1n) is 17.0. The number of fused-ring (bicyclic) bond motifs is 1. The van der Waals surface area contributed by atoms with Crippen molar-refractivity contribution in [3.8, 4) is 28.7 Å². The molecule has 3 aromatic rings. The molecule has 0 N–H and O–H groups in total. The predicted octanol–water partition coefficient (Wildman–Crippen LogP) is 5.62. The largest absolute Gasteiger partial charge is 0.500 e. The fourth-order valence-corrected chi connectivity index (χ4v) is 8.82. The number of nitrogens with zero attached hydrogens (tertiary/aromatic N) is 2. The van der Waals surface area contributed by atoms with Gasteiger partial charge in [-0.3, -0.25) is 9.59 Å². The van der Waals surface area contributed by atoms with Gasteiger partial charge in [0.1, 0.15) is 16.9 Å². The number of carbonyl (C=O) groups is 2. The highest BCUT2D eigenvalue weighted by Crippen LogP contribution is 2.64. The van der Waals surface area contributed by atoms with Crippen LogP contribution in [0, 0.1) is 5.92 Å². The Labute approximate surface area is 293 Å². The summed E-state index contributed by atoms with van der Waals surface area (Å²) in [7, 11) is 9.69. The van der Waals surface area contributed by atoms with Crippen molar-refractivity contribution in [3.05, 3.63) is 94.8 Å². The Balaban J connectivity index is 1.39. The molecule has 262 valence electrons. The minimum Gasteiger partial charge on any atom is -0.500 e. The van der Waals surface area contributed by atoms with Gasteiger partial charge in [0.2, 0.25) is 5.91 Å². The lowest BCUT2D eigenvalue weighted by Crippen LogP contribution is -2.52. The summed E-state index contributed by atoms with van der Waals surface area (Å²) in [5, 5.41) is 0. The summed E-state index contributed by atoms with van der Waals surface area (Å²) in [4.78, 5) is 34.2. The zero-order valence-corrected chi connectivity index (χ0v) is 29.5. The number of carbonyl (C=O) groups excluding carboxylic acids is 2. The molecule has 1 amide bonds. The maximum atomic E-state index is 15.1. The van der Waals surface area contributed by atoms with E-state index in [4.69, 9.17) is 28.4 Å². The summed E-state index contributed by atoms with van der Waals surface area (Å²) in [6, 6.07) is 15.8. The molecule has 1 aliphatic heterocycles. The van der Waals surface area contributed by atoms with Crippen molar-refractivity contribution in [2.75, 3.05) is 73.7 Å². The summed E-state index contributed by atoms with van der Waals surface area (Å²) in [6.07, 6.45) is 6.33. The molecule has 4 aliphatic rings. The Bertz CT molecular complexity index is 1880. The number of Topliss-reactive ketones (excluding diaryl/α,β-unsaturated/α-hetero) is 1. The lowest BCUT2D eigenvalue weighted by atomic mass is 9.64. The van der Waals surface area contributed by atoms with Crippen LogP contribution in [0.2, 0.25) is 0 Å². The monoisotopic (exact) mass is 680 g/mol. The molecule has 10 heteroatoms. The smallest absolute Gasteiger partial charge is 0.227 e. The number of amides is 1. The fourth-order valence-electron chi connectivity index (χ4n) is 8.82. The molecule has 0 aromatic heterocycles. The second kappa shape index (κ2) is 13.3. The van der Waals surface area contributed by atoms with Gasteiger partial charge in [0.25, 0.3) is 0 Å². The molecule has 3 aromatic carbocycles. The van der Waals surface area contributed by atoms with Crippen molar-refractivity contribution in [2.45, 2.75) is 30.1 Å². The van der Waals surface area contributed by atoms with Crippen molar-refractivity contribution >= 4 is 17.4 Å². The Morgan fingerprint density at radius 3 is 2.18 bits per heavy atom. The molecule has 7 rings (SSSR count). The SMILES string of the molecule is COC1=CC=CCC12C(=O)CC1c3cc(OC)c(OC)c2c3C(c2ccc(OC)c(OC)c2)C1C(=O)N1CCN(c2ccccc2OC)CC1. The molecule has 4 atom stereocenters. The molecule has 1 spiro atoms. The van der Waals surface area contributed by atoms with Crippen molar-refractivity contribution in [2.24, 2.45) is 5.92 Å². The van der Waals surface area contributed by atoms with Crippen molar-refractivity contribution in [1.82, 2.24) is 4.90 Å². The number of hydrogen-bond acceptors (Lipinski definition) is 9. The molecule has 3 aliphatic carbocycles. The van der Waals surface area contributed by atoms with Crippen LogP contribution in [0.1, 0.15) is 46.9 Å². The van der Waals surface area contributed by atoms with Crippen molar-refractivity contribution in [1.29, 1.82) is 0 Å². The summed E-state index contributed by atoms with van der Waals surface area (Å²) < 4.78 is 35.1. The second-order valence-corrected chi connectivity index (χ2v) is 13.1. The standard InChI is InChI=1S/C40H44N2O8/c1-45-28-12-8-7-11-27(28)41-17-19-42(20-18-41)39(44)36-26-23-32(43)40(16-10-9-13-33(40)49-5)37-35(25(26)22-31(48-4)38(37)50-6)34(36)24-14-15-29(46-2)30(21-24)47-3/h7-15,21-22,26,34,36H,16-20,23H2,1-6H3. The predicted molar refractivity (Wildman–Crippen MR) is 189 cm³/mol. The van der Waals surface area contributed by atoms with Crippen LogP contribution in [-0.4, -0.2) is 85.4 Å². The van der Waals surface area contributed by atoms with Crippen LogP contribution in [0.5, 0.6) is 28.7 Å². The van der Waals surface area contributed by atoms with E-state index in [-0.39, 0.29) is 18.1 Å². The van der Waals surface area contributed by atoms with E-state index in [0.717, 1.165) is 28.1 Å².